The lowest BCUT2D eigenvalue weighted by molar-refractivity contribution is 0.292. The Morgan fingerprint density at radius 2 is 1.41 bits per heavy atom. The number of hydrogen-bond donors (Lipinski definition) is 0. The topological polar surface area (TPSA) is 47.9 Å². The van der Waals surface area contributed by atoms with Crippen LogP contribution in [0.25, 0.3) is 11.3 Å². The smallest absolute Gasteiger partial charge is 0.232 e. The highest BCUT2D eigenvalue weighted by molar-refractivity contribution is 6.54. The van der Waals surface area contributed by atoms with Gasteiger partial charge in [0.05, 0.1) is 34.2 Å². The monoisotopic (exact) mass is 525 g/mol. The Balaban J connectivity index is 1.67. The molecule has 2 unspecified atom stereocenters. The Bertz CT molecular complexity index is 814. The maximum atomic E-state index is 5.82. The third-order valence-electron chi connectivity index (χ3n) is 7.61. The first-order valence-corrected chi connectivity index (χ1v) is 17.2. The standard InChI is InChI=1S/C32H55N3OSi/c1-5-7-9-10-11-14-23-36-31-26-34-30(25-35-31)29-19-16-22-33-32(29)37-24-15-13-18-28(4)21-20-27(3)17-12-8-6-2/h16,19,22,25-28H,5-15,17-18,20-21,23-24,37H2,1-4H3. The molecule has 0 bridgehead atoms. The Labute approximate surface area is 230 Å². The van der Waals surface area contributed by atoms with Crippen LogP contribution in [0.5, 0.6) is 5.88 Å². The van der Waals surface area contributed by atoms with E-state index in [-0.39, 0.29) is 0 Å². The van der Waals surface area contributed by atoms with Gasteiger partial charge in [0.15, 0.2) is 0 Å². The van der Waals surface area contributed by atoms with Gasteiger partial charge in [0.2, 0.25) is 5.88 Å². The van der Waals surface area contributed by atoms with Crippen LogP contribution in [0.4, 0.5) is 0 Å². The van der Waals surface area contributed by atoms with Crippen molar-refractivity contribution in [2.75, 3.05) is 6.61 Å². The molecule has 2 aromatic rings. The van der Waals surface area contributed by atoms with E-state index >= 15 is 0 Å². The number of aromatic nitrogens is 3. The molecule has 0 radical (unpaired) electrons. The molecule has 0 aliphatic heterocycles. The Kier molecular flexibility index (Phi) is 17.2. The van der Waals surface area contributed by atoms with E-state index in [0.29, 0.717) is 5.88 Å². The molecule has 0 aliphatic carbocycles. The summed E-state index contributed by atoms with van der Waals surface area (Å²) in [5, 5.41) is 1.27. The van der Waals surface area contributed by atoms with E-state index in [2.05, 4.69) is 43.7 Å². The van der Waals surface area contributed by atoms with Gasteiger partial charge in [-0.3, -0.25) is 4.98 Å². The summed E-state index contributed by atoms with van der Waals surface area (Å²) in [6, 6.07) is 5.49. The summed E-state index contributed by atoms with van der Waals surface area (Å²) in [4.78, 5) is 13.9. The van der Waals surface area contributed by atoms with E-state index in [0.717, 1.165) is 36.1 Å². The zero-order chi connectivity index (χ0) is 26.6. The third-order valence-corrected chi connectivity index (χ3v) is 9.50. The van der Waals surface area contributed by atoms with Gasteiger partial charge >= 0.3 is 0 Å². The maximum Gasteiger partial charge on any atom is 0.232 e. The SMILES string of the molecule is CCCCCCCCOc1cnc(-c2cccnc2[SiH2]CCCCC(C)CCC(C)CCCCC)cn1. The van der Waals surface area contributed by atoms with E-state index in [1.807, 2.05) is 18.5 Å². The van der Waals surface area contributed by atoms with Crippen LogP contribution < -0.4 is 10.1 Å². The molecular weight excluding hydrogens is 470 g/mol. The molecule has 37 heavy (non-hydrogen) atoms. The fourth-order valence-electron chi connectivity index (χ4n) is 5.02. The summed E-state index contributed by atoms with van der Waals surface area (Å²) in [6.07, 6.45) is 25.5. The minimum absolute atomic E-state index is 0.411. The van der Waals surface area contributed by atoms with Gasteiger partial charge in [-0.2, -0.15) is 0 Å². The molecule has 0 amide bonds. The van der Waals surface area contributed by atoms with Crippen LogP contribution in [-0.2, 0) is 0 Å². The van der Waals surface area contributed by atoms with Crippen LogP contribution in [-0.4, -0.2) is 31.1 Å². The van der Waals surface area contributed by atoms with Gasteiger partial charge in [0.1, 0.15) is 0 Å². The highest BCUT2D eigenvalue weighted by Crippen LogP contribution is 2.22. The lowest BCUT2D eigenvalue weighted by Gasteiger charge is -2.15. The number of nitrogens with zero attached hydrogens (tertiary/aromatic N) is 3. The van der Waals surface area contributed by atoms with Crippen molar-refractivity contribution in [1.29, 1.82) is 0 Å². The Hall–Kier alpha value is -1.75. The average Bonchev–Trinajstić information content (AvgIpc) is 2.92. The molecule has 2 aromatic heterocycles. The second-order valence-electron chi connectivity index (χ2n) is 11.2. The molecule has 0 aromatic carbocycles. The molecule has 0 N–H and O–H groups in total. The Morgan fingerprint density at radius 1 is 0.730 bits per heavy atom. The van der Waals surface area contributed by atoms with Crippen molar-refractivity contribution in [3.05, 3.63) is 30.7 Å². The van der Waals surface area contributed by atoms with Crippen molar-refractivity contribution in [1.82, 2.24) is 15.0 Å². The number of rotatable bonds is 22. The van der Waals surface area contributed by atoms with Gasteiger partial charge in [-0.25, -0.2) is 9.97 Å². The number of pyridine rings is 1. The molecule has 0 fully saturated rings. The van der Waals surface area contributed by atoms with Crippen LogP contribution in [0, 0.1) is 11.8 Å². The first-order valence-electron chi connectivity index (χ1n) is 15.5. The minimum atomic E-state index is -0.411. The normalized spacial score (nSPS) is 13.3. The van der Waals surface area contributed by atoms with Crippen LogP contribution in [0.1, 0.15) is 124 Å². The van der Waals surface area contributed by atoms with Crippen molar-refractivity contribution >= 4 is 14.8 Å². The van der Waals surface area contributed by atoms with Crippen molar-refractivity contribution in [2.45, 2.75) is 130 Å². The average molecular weight is 526 g/mol. The van der Waals surface area contributed by atoms with Crippen LogP contribution >= 0.6 is 0 Å². The Morgan fingerprint density at radius 3 is 2.11 bits per heavy atom. The molecule has 0 saturated carbocycles. The summed E-state index contributed by atoms with van der Waals surface area (Å²) in [7, 11) is -0.411. The van der Waals surface area contributed by atoms with E-state index in [1.54, 1.807) is 6.20 Å². The fourth-order valence-corrected chi connectivity index (χ4v) is 6.76. The maximum absolute atomic E-state index is 5.82. The van der Waals surface area contributed by atoms with E-state index in [1.165, 1.54) is 101 Å². The fraction of sp³-hybridized carbons (Fsp3) is 0.719. The molecule has 4 nitrogen and oxygen atoms in total. The highest BCUT2D eigenvalue weighted by atomic mass is 28.2. The summed E-state index contributed by atoms with van der Waals surface area (Å²) in [5.41, 5.74) is 2.08. The third kappa shape index (κ3) is 14.1. The first-order chi connectivity index (χ1) is 18.1. The number of unbranched alkanes of at least 4 members (excludes halogenated alkanes) is 8. The highest BCUT2D eigenvalue weighted by Gasteiger charge is 2.10. The van der Waals surface area contributed by atoms with Gasteiger partial charge < -0.3 is 4.74 Å². The van der Waals surface area contributed by atoms with Gasteiger partial charge in [0, 0.05) is 17.1 Å². The molecule has 0 spiro atoms. The van der Waals surface area contributed by atoms with Crippen LogP contribution in [0.3, 0.4) is 0 Å². The predicted molar refractivity (Wildman–Crippen MR) is 163 cm³/mol. The van der Waals surface area contributed by atoms with E-state index in [4.69, 9.17) is 9.72 Å². The number of hydrogen-bond acceptors (Lipinski definition) is 4. The summed E-state index contributed by atoms with van der Waals surface area (Å²) < 4.78 is 5.82. The minimum Gasteiger partial charge on any atom is -0.477 e. The van der Waals surface area contributed by atoms with Gasteiger partial charge in [-0.15, -0.1) is 0 Å². The predicted octanol–water partition coefficient (Wildman–Crippen LogP) is 8.29. The number of ether oxygens (including phenoxy) is 1. The van der Waals surface area contributed by atoms with Crippen molar-refractivity contribution in [2.24, 2.45) is 11.8 Å². The molecule has 208 valence electrons. The lowest BCUT2D eigenvalue weighted by atomic mass is 9.91. The summed E-state index contributed by atoms with van der Waals surface area (Å²) in [6.45, 7) is 10.2. The quantitative estimate of drug-likeness (QED) is 0.115. The van der Waals surface area contributed by atoms with Gasteiger partial charge in [0.25, 0.3) is 0 Å². The van der Waals surface area contributed by atoms with E-state index < -0.39 is 9.52 Å². The summed E-state index contributed by atoms with van der Waals surface area (Å²) in [5.74, 6) is 2.38. The molecule has 5 heteroatoms. The second-order valence-corrected chi connectivity index (χ2v) is 13.1. The lowest BCUT2D eigenvalue weighted by Crippen LogP contribution is -2.21. The van der Waals surface area contributed by atoms with Crippen molar-refractivity contribution in [3.8, 4) is 17.1 Å². The molecule has 0 aliphatic rings. The molecule has 2 rings (SSSR count). The van der Waals surface area contributed by atoms with E-state index in [9.17, 15) is 0 Å². The van der Waals surface area contributed by atoms with Crippen LogP contribution in [0.2, 0.25) is 6.04 Å². The summed E-state index contributed by atoms with van der Waals surface area (Å²) >= 11 is 0. The van der Waals surface area contributed by atoms with Crippen LogP contribution in [0.15, 0.2) is 30.7 Å². The largest absolute Gasteiger partial charge is 0.477 e. The second kappa shape index (κ2) is 20.2. The molecule has 0 saturated heterocycles. The zero-order valence-corrected chi connectivity index (χ0v) is 25.9. The molecule has 2 atom stereocenters. The van der Waals surface area contributed by atoms with Gasteiger partial charge in [-0.05, 0) is 30.4 Å². The zero-order valence-electron chi connectivity index (χ0n) is 24.5. The van der Waals surface area contributed by atoms with Crippen molar-refractivity contribution in [3.63, 3.8) is 0 Å². The molecular formula is C32H55N3OSi. The molecule has 2 heterocycles. The van der Waals surface area contributed by atoms with Crippen molar-refractivity contribution < 1.29 is 4.74 Å². The van der Waals surface area contributed by atoms with Gasteiger partial charge in [-0.1, -0.05) is 124 Å². The first kappa shape index (κ1) is 31.5.